The van der Waals surface area contributed by atoms with Crippen molar-refractivity contribution in [1.82, 2.24) is 20.2 Å². The summed E-state index contributed by atoms with van der Waals surface area (Å²) in [6.45, 7) is -0.420. The summed E-state index contributed by atoms with van der Waals surface area (Å²) in [4.78, 5) is 0. The Bertz CT molecular complexity index is 412. The number of hydrogen-bond acceptors (Lipinski definition) is 3. The highest BCUT2D eigenvalue weighted by atomic mass is 16.3. The molecular weight excluding hydrogens is 192 g/mol. The van der Waals surface area contributed by atoms with Crippen LogP contribution >= 0.6 is 0 Å². The molecule has 5 nitrogen and oxygen atoms in total. The Morgan fingerprint density at radius 1 is 1.13 bits per heavy atom. The summed E-state index contributed by atoms with van der Waals surface area (Å²) >= 11 is 0. The first-order valence-electron chi connectivity index (χ1n) is 4.77. The van der Waals surface area contributed by atoms with E-state index in [1.54, 1.807) is 0 Å². The lowest BCUT2D eigenvalue weighted by Crippen LogP contribution is -2.05. The van der Waals surface area contributed by atoms with Gasteiger partial charge in [-0.1, -0.05) is 30.3 Å². The van der Waals surface area contributed by atoms with Crippen LogP contribution in [0.5, 0.6) is 0 Å². The number of nitrogens with zero attached hydrogens (tertiary/aromatic N) is 4. The van der Waals surface area contributed by atoms with Crippen molar-refractivity contribution in [1.29, 1.82) is 0 Å². The zero-order valence-corrected chi connectivity index (χ0v) is 8.21. The van der Waals surface area contributed by atoms with Crippen molar-refractivity contribution in [2.24, 2.45) is 0 Å². The normalized spacial score (nSPS) is 10.5. The molecule has 15 heavy (non-hydrogen) atoms. The van der Waals surface area contributed by atoms with E-state index in [1.165, 1.54) is 10.2 Å². The lowest BCUT2D eigenvalue weighted by Gasteiger charge is -2.00. The minimum absolute atomic E-state index is 0.420. The molecular formula is C10H11N4O. The van der Waals surface area contributed by atoms with Gasteiger partial charge in [-0.25, -0.2) is 9.79 Å². The van der Waals surface area contributed by atoms with Gasteiger partial charge in [0.1, 0.15) is 0 Å². The highest BCUT2D eigenvalue weighted by molar-refractivity contribution is 5.15. The smallest absolute Gasteiger partial charge is 0.178 e. The molecule has 0 atom stereocenters. The second kappa shape index (κ2) is 4.65. The van der Waals surface area contributed by atoms with Crippen LogP contribution in [0.2, 0.25) is 0 Å². The zero-order valence-electron chi connectivity index (χ0n) is 8.21. The Morgan fingerprint density at radius 2 is 1.93 bits per heavy atom. The Labute approximate surface area is 87.4 Å². The van der Waals surface area contributed by atoms with Crippen molar-refractivity contribution in [3.05, 3.63) is 41.7 Å². The third-order valence-corrected chi connectivity index (χ3v) is 2.21. The minimum atomic E-state index is -0.420. The number of aryl methyl sites for hydroxylation is 2. The van der Waals surface area contributed by atoms with Crippen molar-refractivity contribution in [2.75, 3.05) is 0 Å². The third-order valence-electron chi connectivity index (χ3n) is 2.21. The van der Waals surface area contributed by atoms with Gasteiger partial charge in [-0.2, -0.15) is 0 Å². The first-order valence-corrected chi connectivity index (χ1v) is 4.77. The fourth-order valence-corrected chi connectivity index (χ4v) is 1.40. The Balaban J connectivity index is 1.99. The standard InChI is InChI=1S/C10H11N4O/c15-8-14-10(11-12-13-14)7-6-9-4-2-1-3-5-9/h1-5H,6-8H2. The summed E-state index contributed by atoms with van der Waals surface area (Å²) in [5.41, 5.74) is 1.22. The van der Waals surface area contributed by atoms with Crippen LogP contribution in [-0.2, 0) is 24.7 Å². The lowest BCUT2D eigenvalue weighted by molar-refractivity contribution is 0.103. The molecule has 0 saturated carbocycles. The summed E-state index contributed by atoms with van der Waals surface area (Å²) in [5.74, 6) is 0.647. The maximum atomic E-state index is 10.6. The number of hydrogen-bond donors (Lipinski definition) is 0. The molecule has 1 heterocycles. The first-order chi connectivity index (χ1) is 7.40. The second-order valence-electron chi connectivity index (χ2n) is 3.21. The minimum Gasteiger partial charge on any atom is -0.211 e. The van der Waals surface area contributed by atoms with Crippen LogP contribution < -0.4 is 0 Å². The molecule has 0 amide bonds. The van der Waals surface area contributed by atoms with E-state index in [9.17, 15) is 5.11 Å². The van der Waals surface area contributed by atoms with Crippen LogP contribution in [0.25, 0.3) is 0 Å². The van der Waals surface area contributed by atoms with Gasteiger partial charge < -0.3 is 0 Å². The highest BCUT2D eigenvalue weighted by Crippen LogP contribution is 2.03. The number of benzene rings is 1. The Hall–Kier alpha value is -1.75. The molecule has 2 rings (SSSR count). The Morgan fingerprint density at radius 3 is 2.67 bits per heavy atom. The van der Waals surface area contributed by atoms with Gasteiger partial charge in [0.25, 0.3) is 0 Å². The fraction of sp³-hybridized carbons (Fsp3) is 0.300. The molecule has 0 N–H and O–H groups in total. The number of aromatic nitrogens is 4. The molecule has 1 radical (unpaired) electrons. The van der Waals surface area contributed by atoms with E-state index in [4.69, 9.17) is 0 Å². The van der Waals surface area contributed by atoms with E-state index >= 15 is 0 Å². The SMILES string of the molecule is [O]Cn1nnnc1CCc1ccccc1. The second-order valence-corrected chi connectivity index (χ2v) is 3.21. The quantitative estimate of drug-likeness (QED) is 0.739. The van der Waals surface area contributed by atoms with Crippen LogP contribution in [0.4, 0.5) is 0 Å². The third kappa shape index (κ3) is 2.38. The van der Waals surface area contributed by atoms with Gasteiger partial charge in [-0.3, -0.25) is 0 Å². The van der Waals surface area contributed by atoms with Crippen molar-refractivity contribution in [2.45, 2.75) is 19.6 Å². The van der Waals surface area contributed by atoms with Gasteiger partial charge in [0.2, 0.25) is 0 Å². The van der Waals surface area contributed by atoms with Crippen molar-refractivity contribution in [3.8, 4) is 0 Å². The number of rotatable bonds is 4. The lowest BCUT2D eigenvalue weighted by atomic mass is 10.1. The van der Waals surface area contributed by atoms with Crippen LogP contribution in [-0.4, -0.2) is 20.2 Å². The van der Waals surface area contributed by atoms with Gasteiger partial charge in [0, 0.05) is 6.42 Å². The molecule has 0 aliphatic carbocycles. The monoisotopic (exact) mass is 203 g/mol. The van der Waals surface area contributed by atoms with Crippen molar-refractivity contribution < 1.29 is 5.11 Å². The van der Waals surface area contributed by atoms with Gasteiger partial charge in [-0.05, 0) is 22.4 Å². The van der Waals surface area contributed by atoms with E-state index < -0.39 is 6.73 Å². The molecule has 0 saturated heterocycles. The molecule has 0 spiro atoms. The van der Waals surface area contributed by atoms with E-state index in [-0.39, 0.29) is 0 Å². The summed E-state index contributed by atoms with van der Waals surface area (Å²) in [6, 6.07) is 10.1. The topological polar surface area (TPSA) is 63.5 Å². The van der Waals surface area contributed by atoms with E-state index in [0.29, 0.717) is 12.2 Å². The fourth-order valence-electron chi connectivity index (χ4n) is 1.40. The van der Waals surface area contributed by atoms with Gasteiger partial charge in [0.05, 0.1) is 0 Å². The Kier molecular flexibility index (Phi) is 3.04. The van der Waals surface area contributed by atoms with Gasteiger partial charge >= 0.3 is 0 Å². The summed E-state index contributed by atoms with van der Waals surface area (Å²) in [7, 11) is 0. The summed E-state index contributed by atoms with van der Waals surface area (Å²) in [5, 5.41) is 21.5. The van der Waals surface area contributed by atoms with Crippen LogP contribution in [0.15, 0.2) is 30.3 Å². The molecule has 0 fully saturated rings. The largest absolute Gasteiger partial charge is 0.211 e. The molecule has 77 valence electrons. The van der Waals surface area contributed by atoms with Crippen molar-refractivity contribution in [3.63, 3.8) is 0 Å². The average molecular weight is 203 g/mol. The predicted octanol–water partition coefficient (Wildman–Crippen LogP) is 0.846. The van der Waals surface area contributed by atoms with E-state index in [1.807, 2.05) is 30.3 Å². The van der Waals surface area contributed by atoms with Gasteiger partial charge in [-0.15, -0.1) is 5.10 Å². The summed E-state index contributed by atoms with van der Waals surface area (Å²) < 4.78 is 1.28. The van der Waals surface area contributed by atoms with E-state index in [2.05, 4.69) is 15.5 Å². The molecule has 0 aliphatic heterocycles. The van der Waals surface area contributed by atoms with E-state index in [0.717, 1.165) is 6.42 Å². The van der Waals surface area contributed by atoms with Crippen LogP contribution in [0.1, 0.15) is 11.4 Å². The number of tetrazole rings is 1. The predicted molar refractivity (Wildman–Crippen MR) is 52.4 cm³/mol. The average Bonchev–Trinajstić information content (AvgIpc) is 2.75. The summed E-state index contributed by atoms with van der Waals surface area (Å²) in [6.07, 6.45) is 1.54. The molecule has 2 aromatic rings. The zero-order chi connectivity index (χ0) is 10.5. The van der Waals surface area contributed by atoms with Gasteiger partial charge in [0.15, 0.2) is 12.6 Å². The van der Waals surface area contributed by atoms with Crippen LogP contribution in [0, 0.1) is 0 Å². The maximum Gasteiger partial charge on any atom is 0.178 e. The highest BCUT2D eigenvalue weighted by Gasteiger charge is 2.04. The molecule has 0 bridgehead atoms. The molecule has 1 aromatic carbocycles. The maximum absolute atomic E-state index is 10.6. The van der Waals surface area contributed by atoms with Crippen LogP contribution in [0.3, 0.4) is 0 Å². The molecule has 0 aliphatic rings. The molecule has 5 heteroatoms. The first kappa shape index (κ1) is 9.79. The molecule has 0 unspecified atom stereocenters. The molecule has 1 aromatic heterocycles. The van der Waals surface area contributed by atoms with Crippen molar-refractivity contribution >= 4 is 0 Å².